The summed E-state index contributed by atoms with van der Waals surface area (Å²) in [6.07, 6.45) is -1.08. The highest BCUT2D eigenvalue weighted by Crippen LogP contribution is 2.29. The monoisotopic (exact) mass is 484 g/mol. The van der Waals surface area contributed by atoms with Gasteiger partial charge in [0.05, 0.1) is 18.8 Å². The normalized spacial score (nSPS) is 15.2. The Morgan fingerprint density at radius 2 is 2.03 bits per heavy atom. The van der Waals surface area contributed by atoms with E-state index in [-0.39, 0.29) is 24.8 Å². The number of nitrogens with one attached hydrogen (secondary N) is 2. The van der Waals surface area contributed by atoms with Gasteiger partial charge in [-0.3, -0.25) is 14.5 Å². The molecule has 10 nitrogen and oxygen atoms in total. The van der Waals surface area contributed by atoms with Gasteiger partial charge in [0.2, 0.25) is 16.9 Å². The number of rotatable bonds is 8. The third kappa shape index (κ3) is 5.29. The number of anilines is 2. The standard InChI is InChI=1S/C22H21FN6O4S/c1-12(30)25-10-16-11-29(22(32)33-16)15-6-7-17(18(23)8-15)14-4-2-13(3-5-14)9-26-21-27-20(19(24)31)28-34-21/h2-8,16H,9-11H2,1H3,(H2,24,31)(H,25,30)(H,26,27,28). The lowest BCUT2D eigenvalue weighted by molar-refractivity contribution is -0.119. The second kappa shape index (κ2) is 9.83. The van der Waals surface area contributed by atoms with Crippen LogP contribution in [0, 0.1) is 5.82 Å². The van der Waals surface area contributed by atoms with E-state index in [1.165, 1.54) is 17.9 Å². The third-order valence-electron chi connectivity index (χ3n) is 5.07. The van der Waals surface area contributed by atoms with Crippen molar-refractivity contribution in [2.75, 3.05) is 23.3 Å². The molecule has 1 atom stereocenters. The second-order valence-electron chi connectivity index (χ2n) is 7.56. The van der Waals surface area contributed by atoms with Crippen LogP contribution in [0.1, 0.15) is 23.1 Å². The average molecular weight is 485 g/mol. The van der Waals surface area contributed by atoms with E-state index < -0.39 is 23.9 Å². The first-order valence-electron chi connectivity index (χ1n) is 10.3. The minimum absolute atomic E-state index is 0.0350. The van der Waals surface area contributed by atoms with E-state index in [2.05, 4.69) is 20.0 Å². The SMILES string of the molecule is CC(=O)NCC1CN(c2ccc(-c3ccc(CNc4nc(C(N)=O)ns4)cc3)c(F)c2)C(=O)O1. The predicted molar refractivity (Wildman–Crippen MR) is 124 cm³/mol. The van der Waals surface area contributed by atoms with Crippen LogP contribution in [0.5, 0.6) is 0 Å². The molecule has 2 heterocycles. The van der Waals surface area contributed by atoms with Gasteiger partial charge in [0.1, 0.15) is 11.9 Å². The topological polar surface area (TPSA) is 140 Å². The molecule has 1 aliphatic heterocycles. The van der Waals surface area contributed by atoms with Crippen LogP contribution in [0.25, 0.3) is 11.1 Å². The molecule has 1 fully saturated rings. The molecule has 3 amide bonds. The number of halogens is 1. The van der Waals surface area contributed by atoms with Crippen molar-refractivity contribution in [3.8, 4) is 11.1 Å². The maximum atomic E-state index is 14.9. The molecule has 2 aromatic carbocycles. The number of primary amides is 1. The summed E-state index contributed by atoms with van der Waals surface area (Å²) in [5.74, 6) is -1.42. The van der Waals surface area contributed by atoms with Crippen molar-refractivity contribution in [1.82, 2.24) is 14.7 Å². The molecular formula is C22H21FN6O4S. The highest BCUT2D eigenvalue weighted by Gasteiger charge is 2.32. The first-order chi connectivity index (χ1) is 16.3. The van der Waals surface area contributed by atoms with Crippen LogP contribution >= 0.6 is 11.5 Å². The molecule has 0 radical (unpaired) electrons. The van der Waals surface area contributed by atoms with Crippen molar-refractivity contribution >= 4 is 40.3 Å². The van der Waals surface area contributed by atoms with Gasteiger partial charge in [0.25, 0.3) is 5.91 Å². The highest BCUT2D eigenvalue weighted by molar-refractivity contribution is 7.09. The number of nitrogens with two attached hydrogens (primary N) is 1. The van der Waals surface area contributed by atoms with Crippen LogP contribution in [0.4, 0.5) is 20.0 Å². The number of carbonyl (C=O) groups excluding carboxylic acids is 3. The Labute approximate surface area is 198 Å². The number of carbonyl (C=O) groups is 3. The number of cyclic esters (lactones) is 1. The molecule has 4 N–H and O–H groups in total. The largest absolute Gasteiger partial charge is 0.442 e. The Bertz CT molecular complexity index is 1230. The van der Waals surface area contributed by atoms with Gasteiger partial charge in [0.15, 0.2) is 0 Å². The zero-order valence-corrected chi connectivity index (χ0v) is 18.9. The molecular weight excluding hydrogens is 463 g/mol. The maximum absolute atomic E-state index is 14.9. The summed E-state index contributed by atoms with van der Waals surface area (Å²) in [6.45, 7) is 2.23. The number of hydrogen-bond donors (Lipinski definition) is 3. The predicted octanol–water partition coefficient (Wildman–Crippen LogP) is 2.52. The van der Waals surface area contributed by atoms with Gasteiger partial charge in [-0.25, -0.2) is 9.18 Å². The molecule has 0 aliphatic carbocycles. The molecule has 1 aliphatic rings. The molecule has 4 rings (SSSR count). The molecule has 0 saturated carbocycles. The summed E-state index contributed by atoms with van der Waals surface area (Å²) in [7, 11) is 0. The maximum Gasteiger partial charge on any atom is 0.414 e. The molecule has 0 spiro atoms. The van der Waals surface area contributed by atoms with Gasteiger partial charge in [-0.1, -0.05) is 24.3 Å². The van der Waals surface area contributed by atoms with Gasteiger partial charge < -0.3 is 21.1 Å². The molecule has 1 saturated heterocycles. The van der Waals surface area contributed by atoms with E-state index in [9.17, 15) is 18.8 Å². The second-order valence-corrected chi connectivity index (χ2v) is 8.31. The van der Waals surface area contributed by atoms with Gasteiger partial charge in [-0.15, -0.1) is 0 Å². The number of hydrogen-bond acceptors (Lipinski definition) is 8. The molecule has 12 heteroatoms. The number of nitrogens with zero attached hydrogens (tertiary/aromatic N) is 3. The Kier molecular flexibility index (Phi) is 6.68. The smallest absolute Gasteiger partial charge is 0.414 e. The summed E-state index contributed by atoms with van der Waals surface area (Å²) in [5, 5.41) is 6.13. The Balaban J connectivity index is 1.40. The fraction of sp³-hybridized carbons (Fsp3) is 0.227. The lowest BCUT2D eigenvalue weighted by atomic mass is 10.0. The fourth-order valence-electron chi connectivity index (χ4n) is 3.38. The Morgan fingerprint density at radius 3 is 2.68 bits per heavy atom. The first kappa shape index (κ1) is 23.1. The zero-order chi connectivity index (χ0) is 24.2. The van der Waals surface area contributed by atoms with E-state index in [1.807, 2.05) is 12.1 Å². The van der Waals surface area contributed by atoms with Crippen molar-refractivity contribution in [2.24, 2.45) is 5.73 Å². The first-order valence-corrected chi connectivity index (χ1v) is 11.1. The molecule has 1 aromatic heterocycles. The quantitative estimate of drug-likeness (QED) is 0.446. The van der Waals surface area contributed by atoms with E-state index >= 15 is 0 Å². The number of aromatic nitrogens is 2. The minimum Gasteiger partial charge on any atom is -0.442 e. The fourth-order valence-corrected chi connectivity index (χ4v) is 3.95. The molecule has 34 heavy (non-hydrogen) atoms. The molecule has 0 bridgehead atoms. The summed E-state index contributed by atoms with van der Waals surface area (Å²) in [4.78, 5) is 39.6. The summed E-state index contributed by atoms with van der Waals surface area (Å²) in [5.41, 5.74) is 7.50. The van der Waals surface area contributed by atoms with Crippen molar-refractivity contribution in [3.63, 3.8) is 0 Å². The van der Waals surface area contributed by atoms with Crippen LogP contribution in [-0.2, 0) is 16.1 Å². The average Bonchev–Trinajstić information content (AvgIpc) is 3.43. The van der Waals surface area contributed by atoms with E-state index in [0.29, 0.717) is 28.5 Å². The van der Waals surface area contributed by atoms with E-state index in [0.717, 1.165) is 17.1 Å². The summed E-state index contributed by atoms with van der Waals surface area (Å²) in [6, 6.07) is 11.8. The number of ether oxygens (including phenoxy) is 1. The minimum atomic E-state index is -0.687. The Hall–Kier alpha value is -4.06. The van der Waals surface area contributed by atoms with Gasteiger partial charge in [-0.05, 0) is 29.3 Å². The van der Waals surface area contributed by atoms with Crippen LogP contribution < -0.4 is 21.3 Å². The molecule has 1 unspecified atom stereocenters. The van der Waals surface area contributed by atoms with Gasteiger partial charge in [0, 0.05) is 30.6 Å². The number of benzene rings is 2. The zero-order valence-electron chi connectivity index (χ0n) is 18.1. The van der Waals surface area contributed by atoms with Crippen molar-refractivity contribution < 1.29 is 23.5 Å². The van der Waals surface area contributed by atoms with Crippen LogP contribution in [-0.4, -0.2) is 46.5 Å². The van der Waals surface area contributed by atoms with Crippen LogP contribution in [0.15, 0.2) is 42.5 Å². The van der Waals surface area contributed by atoms with Gasteiger partial charge >= 0.3 is 6.09 Å². The number of amides is 3. The summed E-state index contributed by atoms with van der Waals surface area (Å²) < 4.78 is 24.0. The van der Waals surface area contributed by atoms with Gasteiger partial charge in [-0.2, -0.15) is 9.36 Å². The molecule has 176 valence electrons. The van der Waals surface area contributed by atoms with Crippen LogP contribution in [0.2, 0.25) is 0 Å². The van der Waals surface area contributed by atoms with E-state index in [4.69, 9.17) is 10.5 Å². The summed E-state index contributed by atoms with van der Waals surface area (Å²) >= 11 is 1.04. The van der Waals surface area contributed by atoms with Crippen molar-refractivity contribution in [1.29, 1.82) is 0 Å². The van der Waals surface area contributed by atoms with Crippen LogP contribution in [0.3, 0.4) is 0 Å². The third-order valence-corrected chi connectivity index (χ3v) is 5.74. The highest BCUT2D eigenvalue weighted by atomic mass is 32.1. The van der Waals surface area contributed by atoms with Crippen molar-refractivity contribution in [2.45, 2.75) is 19.6 Å². The molecule has 3 aromatic rings. The Morgan fingerprint density at radius 1 is 1.26 bits per heavy atom. The lowest BCUT2D eigenvalue weighted by Gasteiger charge is -2.15. The van der Waals surface area contributed by atoms with E-state index in [1.54, 1.807) is 24.3 Å². The van der Waals surface area contributed by atoms with Crippen molar-refractivity contribution in [3.05, 3.63) is 59.7 Å². The lowest BCUT2D eigenvalue weighted by Crippen LogP contribution is -2.33.